The van der Waals surface area contributed by atoms with Gasteiger partial charge in [0.15, 0.2) is 0 Å². The fourth-order valence-electron chi connectivity index (χ4n) is 1.55. The summed E-state index contributed by atoms with van der Waals surface area (Å²) in [6.07, 6.45) is 1.63. The molecule has 0 radical (unpaired) electrons. The van der Waals surface area contributed by atoms with Gasteiger partial charge in [0.05, 0.1) is 12.3 Å². The monoisotopic (exact) mass is 229 g/mol. The summed E-state index contributed by atoms with van der Waals surface area (Å²) in [5.74, 6) is 1.53. The van der Waals surface area contributed by atoms with E-state index >= 15 is 0 Å². The van der Waals surface area contributed by atoms with Gasteiger partial charge in [-0.25, -0.2) is 0 Å². The molecule has 0 aliphatic heterocycles. The second-order valence-corrected chi connectivity index (χ2v) is 4.01. The van der Waals surface area contributed by atoms with Gasteiger partial charge < -0.3 is 9.84 Å². The predicted molar refractivity (Wildman–Crippen MR) is 66.1 cm³/mol. The first kappa shape index (κ1) is 11.6. The van der Waals surface area contributed by atoms with E-state index in [1.807, 2.05) is 32.0 Å². The van der Waals surface area contributed by atoms with Crippen molar-refractivity contribution in [3.05, 3.63) is 53.3 Å². The van der Waals surface area contributed by atoms with Gasteiger partial charge in [-0.05, 0) is 37.1 Å². The highest BCUT2D eigenvalue weighted by Gasteiger charge is 2.03. The highest BCUT2D eigenvalue weighted by molar-refractivity contribution is 5.39. The van der Waals surface area contributed by atoms with Gasteiger partial charge in [-0.3, -0.25) is 4.98 Å². The normalized spacial score (nSPS) is 10.3. The van der Waals surface area contributed by atoms with Crippen LogP contribution in [0.1, 0.15) is 16.8 Å². The van der Waals surface area contributed by atoms with Crippen LogP contribution in [0.3, 0.4) is 0 Å². The summed E-state index contributed by atoms with van der Waals surface area (Å²) in [7, 11) is 0. The summed E-state index contributed by atoms with van der Waals surface area (Å²) in [5.41, 5.74) is 2.84. The van der Waals surface area contributed by atoms with Crippen LogP contribution in [0.15, 0.2) is 36.5 Å². The summed E-state index contributed by atoms with van der Waals surface area (Å²) in [6, 6.07) is 9.59. The largest absolute Gasteiger partial charge is 0.457 e. The lowest BCUT2D eigenvalue weighted by Crippen LogP contribution is -1.92. The zero-order chi connectivity index (χ0) is 12.3. The third-order valence-electron chi connectivity index (χ3n) is 2.52. The number of hydrogen-bond acceptors (Lipinski definition) is 3. The number of rotatable bonds is 3. The highest BCUT2D eigenvalue weighted by atomic mass is 16.5. The van der Waals surface area contributed by atoms with Gasteiger partial charge in [0.25, 0.3) is 0 Å². The first-order chi connectivity index (χ1) is 8.19. The molecular weight excluding hydrogens is 214 g/mol. The van der Waals surface area contributed by atoms with E-state index in [0.29, 0.717) is 11.4 Å². The van der Waals surface area contributed by atoms with Gasteiger partial charge in [-0.1, -0.05) is 12.1 Å². The molecule has 0 amide bonds. The highest BCUT2D eigenvalue weighted by Crippen LogP contribution is 2.25. The number of ether oxygens (including phenoxy) is 1. The van der Waals surface area contributed by atoms with Crippen molar-refractivity contribution >= 4 is 0 Å². The molecule has 1 heterocycles. The maximum atomic E-state index is 9.01. The maximum Gasteiger partial charge on any atom is 0.130 e. The second kappa shape index (κ2) is 4.97. The average Bonchev–Trinajstić information content (AvgIpc) is 2.34. The Bertz CT molecular complexity index is 523. The number of aryl methyl sites for hydroxylation is 2. The minimum atomic E-state index is -0.0794. The molecule has 0 saturated carbocycles. The Morgan fingerprint density at radius 2 is 2.00 bits per heavy atom. The average molecular weight is 229 g/mol. The summed E-state index contributed by atoms with van der Waals surface area (Å²) in [4.78, 5) is 4.01. The molecule has 0 spiro atoms. The van der Waals surface area contributed by atoms with Crippen molar-refractivity contribution in [2.45, 2.75) is 20.5 Å². The molecule has 1 aromatic heterocycles. The fraction of sp³-hybridized carbons (Fsp3) is 0.214. The molecule has 1 aromatic carbocycles. The van der Waals surface area contributed by atoms with E-state index in [2.05, 4.69) is 4.98 Å². The molecule has 0 saturated heterocycles. The number of pyridine rings is 1. The minimum Gasteiger partial charge on any atom is -0.457 e. The molecule has 0 atom stereocenters. The van der Waals surface area contributed by atoms with Crippen LogP contribution >= 0.6 is 0 Å². The minimum absolute atomic E-state index is 0.0794. The number of hydrogen-bond donors (Lipinski definition) is 1. The van der Waals surface area contributed by atoms with Crippen LogP contribution in [0.5, 0.6) is 11.5 Å². The maximum absolute atomic E-state index is 9.01. The summed E-state index contributed by atoms with van der Waals surface area (Å²) in [5, 5.41) is 9.01. The van der Waals surface area contributed by atoms with Crippen LogP contribution in [0.2, 0.25) is 0 Å². The summed E-state index contributed by atoms with van der Waals surface area (Å²) in [6.45, 7) is 3.95. The Morgan fingerprint density at radius 3 is 2.76 bits per heavy atom. The first-order valence-corrected chi connectivity index (χ1v) is 5.50. The van der Waals surface area contributed by atoms with Gasteiger partial charge in [0, 0.05) is 12.3 Å². The molecule has 0 fully saturated rings. The molecule has 0 aliphatic rings. The molecule has 2 aromatic rings. The quantitative estimate of drug-likeness (QED) is 0.879. The van der Waals surface area contributed by atoms with E-state index in [4.69, 9.17) is 9.84 Å². The van der Waals surface area contributed by atoms with Crippen LogP contribution in [0.25, 0.3) is 0 Å². The van der Waals surface area contributed by atoms with Crippen LogP contribution in [0.4, 0.5) is 0 Å². The zero-order valence-electron chi connectivity index (χ0n) is 9.97. The molecule has 17 heavy (non-hydrogen) atoms. The number of nitrogens with zero attached hydrogens (tertiary/aromatic N) is 1. The molecule has 1 N–H and O–H groups in total. The Kier molecular flexibility index (Phi) is 3.40. The molecule has 3 nitrogen and oxygen atoms in total. The van der Waals surface area contributed by atoms with E-state index in [1.54, 1.807) is 18.3 Å². The van der Waals surface area contributed by atoms with Crippen molar-refractivity contribution in [1.29, 1.82) is 0 Å². The number of aromatic nitrogens is 1. The van der Waals surface area contributed by atoms with Gasteiger partial charge >= 0.3 is 0 Å². The van der Waals surface area contributed by atoms with E-state index in [9.17, 15) is 0 Å². The van der Waals surface area contributed by atoms with Crippen LogP contribution in [-0.4, -0.2) is 10.1 Å². The van der Waals surface area contributed by atoms with Gasteiger partial charge in [0.2, 0.25) is 0 Å². The van der Waals surface area contributed by atoms with Crippen molar-refractivity contribution in [2.75, 3.05) is 0 Å². The summed E-state index contributed by atoms with van der Waals surface area (Å²) >= 11 is 0. The van der Waals surface area contributed by atoms with Crippen molar-refractivity contribution in [3.8, 4) is 11.5 Å². The van der Waals surface area contributed by atoms with E-state index < -0.39 is 0 Å². The molecule has 0 unspecified atom stereocenters. The number of aliphatic hydroxyl groups is 1. The van der Waals surface area contributed by atoms with E-state index in [-0.39, 0.29) is 6.61 Å². The lowest BCUT2D eigenvalue weighted by molar-refractivity contribution is 0.276. The van der Waals surface area contributed by atoms with E-state index in [0.717, 1.165) is 16.9 Å². The van der Waals surface area contributed by atoms with Crippen molar-refractivity contribution < 1.29 is 9.84 Å². The smallest absolute Gasteiger partial charge is 0.130 e. The Labute approximate surface area is 101 Å². The standard InChI is InChI=1S/C14H15NO2/c1-10-3-4-11(2)14(7-10)17-13-5-6-15-12(8-13)9-16/h3-8,16H,9H2,1-2H3. The van der Waals surface area contributed by atoms with Crippen molar-refractivity contribution in [2.24, 2.45) is 0 Å². The molecule has 0 aliphatic carbocycles. The molecule has 3 heteroatoms. The molecule has 0 bridgehead atoms. The molecule has 2 rings (SSSR count). The van der Waals surface area contributed by atoms with Crippen LogP contribution in [0, 0.1) is 13.8 Å². The van der Waals surface area contributed by atoms with Crippen molar-refractivity contribution in [3.63, 3.8) is 0 Å². The third kappa shape index (κ3) is 2.82. The third-order valence-corrected chi connectivity index (χ3v) is 2.52. The van der Waals surface area contributed by atoms with E-state index in [1.165, 1.54) is 0 Å². The van der Waals surface area contributed by atoms with Gasteiger partial charge in [-0.2, -0.15) is 0 Å². The Balaban J connectivity index is 2.27. The Morgan fingerprint density at radius 1 is 1.18 bits per heavy atom. The fourth-order valence-corrected chi connectivity index (χ4v) is 1.55. The summed E-state index contributed by atoms with van der Waals surface area (Å²) < 4.78 is 5.78. The SMILES string of the molecule is Cc1ccc(C)c(Oc2ccnc(CO)c2)c1. The lowest BCUT2D eigenvalue weighted by Gasteiger charge is -2.09. The van der Waals surface area contributed by atoms with Crippen molar-refractivity contribution in [1.82, 2.24) is 4.98 Å². The van der Waals surface area contributed by atoms with Gasteiger partial charge in [0.1, 0.15) is 11.5 Å². The van der Waals surface area contributed by atoms with Gasteiger partial charge in [-0.15, -0.1) is 0 Å². The van der Waals surface area contributed by atoms with Crippen LogP contribution in [-0.2, 0) is 6.61 Å². The second-order valence-electron chi connectivity index (χ2n) is 4.01. The molecule has 88 valence electrons. The molecular formula is C14H15NO2. The predicted octanol–water partition coefficient (Wildman–Crippen LogP) is 2.98. The number of benzene rings is 1. The number of aliphatic hydroxyl groups excluding tert-OH is 1. The Hall–Kier alpha value is -1.87. The zero-order valence-corrected chi connectivity index (χ0v) is 9.97. The topological polar surface area (TPSA) is 42.4 Å². The first-order valence-electron chi connectivity index (χ1n) is 5.50. The van der Waals surface area contributed by atoms with Crippen LogP contribution < -0.4 is 4.74 Å². The lowest BCUT2D eigenvalue weighted by atomic mass is 10.1.